The van der Waals surface area contributed by atoms with Gasteiger partial charge in [0.15, 0.2) is 0 Å². The Morgan fingerprint density at radius 2 is 2.33 bits per heavy atom. The molecule has 2 rings (SSSR count). The van der Waals surface area contributed by atoms with Crippen molar-refractivity contribution in [3.63, 3.8) is 0 Å². The van der Waals surface area contributed by atoms with Crippen molar-refractivity contribution in [2.75, 3.05) is 26.7 Å². The highest BCUT2D eigenvalue weighted by Crippen LogP contribution is 2.32. The lowest BCUT2D eigenvalue weighted by molar-refractivity contribution is -0.0853. The highest BCUT2D eigenvalue weighted by molar-refractivity contribution is 9.10. The molecule has 1 aromatic rings. The number of likely N-dealkylation sites (N-methyl/N-ethyl adjacent to an activating group) is 1. The molecule has 1 aromatic carbocycles. The molecule has 6 heteroatoms. The van der Waals surface area contributed by atoms with Gasteiger partial charge in [-0.15, -0.1) is 0 Å². The van der Waals surface area contributed by atoms with E-state index >= 15 is 0 Å². The van der Waals surface area contributed by atoms with Gasteiger partial charge in [-0.05, 0) is 29.0 Å². The predicted molar refractivity (Wildman–Crippen MR) is 71.3 cm³/mol. The summed E-state index contributed by atoms with van der Waals surface area (Å²) in [7, 11) is 1.94. The molecule has 0 amide bonds. The van der Waals surface area contributed by atoms with Gasteiger partial charge in [0.25, 0.3) is 0 Å². The minimum atomic E-state index is -1.02. The number of hydrogen-bond acceptors (Lipinski definition) is 3. The van der Waals surface area contributed by atoms with Crippen molar-refractivity contribution in [1.29, 1.82) is 0 Å². The molecule has 2 atom stereocenters. The van der Waals surface area contributed by atoms with Crippen LogP contribution >= 0.6 is 27.5 Å². The van der Waals surface area contributed by atoms with Crippen LogP contribution in [0.2, 0.25) is 5.02 Å². The first-order chi connectivity index (χ1) is 8.50. The Labute approximate surface area is 119 Å². The van der Waals surface area contributed by atoms with Crippen molar-refractivity contribution in [2.24, 2.45) is 0 Å². The van der Waals surface area contributed by atoms with Gasteiger partial charge in [0.05, 0.1) is 11.6 Å². The van der Waals surface area contributed by atoms with Crippen LogP contribution in [0.3, 0.4) is 0 Å². The van der Waals surface area contributed by atoms with E-state index in [-0.39, 0.29) is 10.6 Å². The van der Waals surface area contributed by atoms with Gasteiger partial charge < -0.3 is 14.7 Å². The van der Waals surface area contributed by atoms with Gasteiger partial charge in [0.2, 0.25) is 0 Å². The minimum absolute atomic E-state index is 0.0179. The van der Waals surface area contributed by atoms with Crippen LogP contribution in [0.15, 0.2) is 16.6 Å². The fraction of sp³-hybridized carbons (Fsp3) is 0.500. The molecular formula is C12H14BrClFNO2. The smallest absolute Gasteiger partial charge is 0.148 e. The third-order valence-electron chi connectivity index (χ3n) is 3.03. The molecule has 0 bridgehead atoms. The van der Waals surface area contributed by atoms with Crippen LogP contribution in [-0.2, 0) is 4.74 Å². The fourth-order valence-electron chi connectivity index (χ4n) is 1.97. The molecule has 0 saturated carbocycles. The molecule has 18 heavy (non-hydrogen) atoms. The van der Waals surface area contributed by atoms with E-state index in [9.17, 15) is 9.50 Å². The molecular weight excluding hydrogens is 324 g/mol. The highest BCUT2D eigenvalue weighted by Gasteiger charge is 2.29. The zero-order chi connectivity index (χ0) is 13.3. The molecule has 1 heterocycles. The van der Waals surface area contributed by atoms with E-state index in [1.165, 1.54) is 6.07 Å². The van der Waals surface area contributed by atoms with Gasteiger partial charge in [0.1, 0.15) is 18.0 Å². The summed E-state index contributed by atoms with van der Waals surface area (Å²) in [6, 6.07) is 3.14. The van der Waals surface area contributed by atoms with E-state index in [4.69, 9.17) is 16.3 Å². The van der Waals surface area contributed by atoms with E-state index in [0.29, 0.717) is 17.6 Å². The molecule has 0 radical (unpaired) electrons. The summed E-state index contributed by atoms with van der Waals surface area (Å²) in [5.74, 6) is -0.602. The summed E-state index contributed by atoms with van der Waals surface area (Å²) in [6.07, 6.45) is -1.45. The van der Waals surface area contributed by atoms with Gasteiger partial charge in [0, 0.05) is 23.1 Å². The summed E-state index contributed by atoms with van der Waals surface area (Å²) in [6.45, 7) is 1.91. The summed E-state index contributed by atoms with van der Waals surface area (Å²) in [5.41, 5.74) is 0.170. The Bertz CT molecular complexity index is 446. The third kappa shape index (κ3) is 2.86. The molecule has 100 valence electrons. The van der Waals surface area contributed by atoms with Crippen LogP contribution in [0.4, 0.5) is 4.39 Å². The molecule has 0 aliphatic carbocycles. The van der Waals surface area contributed by atoms with Crippen molar-refractivity contribution in [3.05, 3.63) is 33.0 Å². The Morgan fingerprint density at radius 3 is 3.00 bits per heavy atom. The van der Waals surface area contributed by atoms with Crippen LogP contribution in [-0.4, -0.2) is 42.9 Å². The number of nitrogens with zero attached hydrogens (tertiary/aromatic N) is 1. The molecule has 1 saturated heterocycles. The van der Waals surface area contributed by atoms with Gasteiger partial charge in [-0.1, -0.05) is 17.7 Å². The molecule has 2 unspecified atom stereocenters. The molecule has 1 aliphatic rings. The van der Waals surface area contributed by atoms with E-state index in [0.717, 1.165) is 6.54 Å². The number of hydrogen-bond donors (Lipinski definition) is 1. The van der Waals surface area contributed by atoms with E-state index in [2.05, 4.69) is 15.9 Å². The summed E-state index contributed by atoms with van der Waals surface area (Å²) in [5, 5.41) is 10.2. The van der Waals surface area contributed by atoms with Gasteiger partial charge in [-0.3, -0.25) is 0 Å². The maximum absolute atomic E-state index is 14.0. The predicted octanol–water partition coefficient (Wildman–Crippen LogP) is 2.61. The monoisotopic (exact) mass is 337 g/mol. The summed E-state index contributed by atoms with van der Waals surface area (Å²) in [4.78, 5) is 2.04. The van der Waals surface area contributed by atoms with Crippen molar-refractivity contribution >= 4 is 27.5 Å². The fourth-order valence-corrected chi connectivity index (χ4v) is 2.45. The second kappa shape index (κ2) is 5.84. The zero-order valence-corrected chi connectivity index (χ0v) is 12.2. The van der Waals surface area contributed by atoms with Gasteiger partial charge in [-0.2, -0.15) is 0 Å². The molecule has 0 aromatic heterocycles. The highest BCUT2D eigenvalue weighted by atomic mass is 79.9. The Balaban J connectivity index is 2.23. The van der Waals surface area contributed by atoms with E-state index in [1.807, 2.05) is 11.9 Å². The first kappa shape index (κ1) is 14.2. The lowest BCUT2D eigenvalue weighted by Crippen LogP contribution is -2.43. The Kier molecular flexibility index (Phi) is 4.61. The molecule has 1 N–H and O–H groups in total. The van der Waals surface area contributed by atoms with Crippen molar-refractivity contribution in [2.45, 2.75) is 12.2 Å². The maximum atomic E-state index is 14.0. The Morgan fingerprint density at radius 1 is 1.61 bits per heavy atom. The van der Waals surface area contributed by atoms with E-state index in [1.54, 1.807) is 6.07 Å². The first-order valence-corrected chi connectivity index (χ1v) is 6.79. The van der Waals surface area contributed by atoms with Crippen LogP contribution in [0.1, 0.15) is 11.7 Å². The zero-order valence-electron chi connectivity index (χ0n) is 9.87. The van der Waals surface area contributed by atoms with Crippen LogP contribution in [0.5, 0.6) is 0 Å². The number of benzene rings is 1. The van der Waals surface area contributed by atoms with Crippen molar-refractivity contribution in [1.82, 2.24) is 4.90 Å². The van der Waals surface area contributed by atoms with Crippen molar-refractivity contribution < 1.29 is 14.2 Å². The molecule has 0 spiro atoms. The standard InChI is InChI=1S/C12H14BrClFNO2/c1-16-4-5-18-9(6-16)12(17)7-2-3-8(13)10(14)11(7)15/h2-3,9,12,17H,4-6H2,1H3. The summed E-state index contributed by atoms with van der Waals surface area (Å²) >= 11 is 8.95. The van der Waals surface area contributed by atoms with Crippen molar-refractivity contribution in [3.8, 4) is 0 Å². The number of morpholine rings is 1. The minimum Gasteiger partial charge on any atom is -0.386 e. The third-order valence-corrected chi connectivity index (χ3v) is 4.29. The molecule has 3 nitrogen and oxygen atoms in total. The Hall–Kier alpha value is -0.200. The number of ether oxygens (including phenoxy) is 1. The quantitative estimate of drug-likeness (QED) is 0.842. The number of halogens is 3. The van der Waals surface area contributed by atoms with Gasteiger partial charge in [-0.25, -0.2) is 4.39 Å². The molecule has 1 aliphatic heterocycles. The number of aliphatic hydroxyl groups is 1. The number of aliphatic hydroxyl groups excluding tert-OH is 1. The topological polar surface area (TPSA) is 32.7 Å². The van der Waals surface area contributed by atoms with Crippen LogP contribution < -0.4 is 0 Å². The second-order valence-corrected chi connectivity index (χ2v) is 5.61. The average Bonchev–Trinajstić information content (AvgIpc) is 2.35. The molecule has 1 fully saturated rings. The maximum Gasteiger partial charge on any atom is 0.148 e. The lowest BCUT2D eigenvalue weighted by atomic mass is 10.0. The normalized spacial score (nSPS) is 23.1. The van der Waals surface area contributed by atoms with Crippen LogP contribution in [0.25, 0.3) is 0 Å². The second-order valence-electron chi connectivity index (χ2n) is 4.38. The largest absolute Gasteiger partial charge is 0.386 e. The van der Waals surface area contributed by atoms with Gasteiger partial charge >= 0.3 is 0 Å². The lowest BCUT2D eigenvalue weighted by Gasteiger charge is -2.33. The number of rotatable bonds is 2. The van der Waals surface area contributed by atoms with E-state index < -0.39 is 18.0 Å². The SMILES string of the molecule is CN1CCOC(C(O)c2ccc(Br)c(Cl)c2F)C1. The average molecular weight is 339 g/mol. The first-order valence-electron chi connectivity index (χ1n) is 5.62. The van der Waals surface area contributed by atoms with Crippen LogP contribution in [0, 0.1) is 5.82 Å². The summed E-state index contributed by atoms with van der Waals surface area (Å²) < 4.78 is 19.9.